The van der Waals surface area contributed by atoms with Crippen molar-refractivity contribution in [3.63, 3.8) is 0 Å². The highest BCUT2D eigenvalue weighted by Gasteiger charge is 2.23. The number of phenolic OH excluding ortho intramolecular Hbond substituents is 1. The number of carbonyl (C=O) groups excluding carboxylic acids is 2. The first kappa shape index (κ1) is 23.0. The molecule has 9 heteroatoms. The third kappa shape index (κ3) is 4.78. The van der Waals surface area contributed by atoms with E-state index in [1.54, 1.807) is 30.3 Å². The van der Waals surface area contributed by atoms with Gasteiger partial charge in [0.05, 0.1) is 31.4 Å². The number of benzene rings is 3. The number of esters is 1. The third-order valence-electron chi connectivity index (χ3n) is 4.44. The average Bonchev–Trinajstić information content (AvgIpc) is 2.79. The van der Waals surface area contributed by atoms with Gasteiger partial charge in [-0.3, -0.25) is 4.79 Å². The van der Waals surface area contributed by atoms with Gasteiger partial charge in [0.15, 0.2) is 11.5 Å². The first-order chi connectivity index (χ1) is 15.4. The topological polar surface area (TPSA) is 103 Å². The maximum Gasteiger partial charge on any atom is 0.347 e. The number of nitrogens with one attached hydrogen (secondary N) is 1. The number of aromatic hydroxyl groups is 1. The Kier molecular flexibility index (Phi) is 7.21. The number of anilines is 1. The molecule has 166 valence electrons. The van der Waals surface area contributed by atoms with Crippen LogP contribution in [0.2, 0.25) is 0 Å². The predicted molar refractivity (Wildman–Crippen MR) is 121 cm³/mol. The standard InChI is InChI=1S/C23H20BrNO7/c1-29-18-12-16(19(24)21(31-3)20(18)30-2)22(27)25-13-9-10-15(17(26)11-13)23(28)32-14-7-5-4-6-8-14/h4-12,26H,1-3H3,(H,25,27). The van der Waals surface area contributed by atoms with Crippen LogP contribution in [0, 0.1) is 0 Å². The van der Waals surface area contributed by atoms with Gasteiger partial charge >= 0.3 is 5.97 Å². The van der Waals surface area contributed by atoms with Gasteiger partial charge in [0, 0.05) is 11.8 Å². The van der Waals surface area contributed by atoms with Gasteiger partial charge in [-0.05, 0) is 46.3 Å². The van der Waals surface area contributed by atoms with E-state index in [0.717, 1.165) is 0 Å². The molecular weight excluding hydrogens is 482 g/mol. The van der Waals surface area contributed by atoms with Crippen LogP contribution in [0.3, 0.4) is 0 Å². The van der Waals surface area contributed by atoms with Crippen molar-refractivity contribution >= 4 is 33.5 Å². The van der Waals surface area contributed by atoms with Gasteiger partial charge in [-0.1, -0.05) is 18.2 Å². The Morgan fingerprint density at radius 3 is 2.16 bits per heavy atom. The maximum atomic E-state index is 12.9. The average molecular weight is 502 g/mol. The molecule has 0 atom stereocenters. The van der Waals surface area contributed by atoms with E-state index in [-0.39, 0.29) is 22.6 Å². The van der Waals surface area contributed by atoms with E-state index in [9.17, 15) is 14.7 Å². The zero-order valence-corrected chi connectivity index (χ0v) is 19.1. The first-order valence-corrected chi connectivity index (χ1v) is 10.1. The summed E-state index contributed by atoms with van der Waals surface area (Å²) in [6.07, 6.45) is 0. The number of phenols is 1. The van der Waals surface area contributed by atoms with Gasteiger partial charge in [0.1, 0.15) is 17.1 Å². The SMILES string of the molecule is COc1cc(C(=O)Nc2ccc(C(=O)Oc3ccccc3)c(O)c2)c(Br)c(OC)c1OC. The number of hydrogen-bond donors (Lipinski definition) is 2. The smallest absolute Gasteiger partial charge is 0.347 e. The summed E-state index contributed by atoms with van der Waals surface area (Å²) in [6.45, 7) is 0. The summed E-state index contributed by atoms with van der Waals surface area (Å²) in [7, 11) is 4.34. The fourth-order valence-electron chi connectivity index (χ4n) is 2.92. The Bertz CT molecular complexity index is 1150. The Morgan fingerprint density at radius 1 is 0.875 bits per heavy atom. The Balaban J connectivity index is 1.83. The van der Waals surface area contributed by atoms with Crippen molar-refractivity contribution in [3.8, 4) is 28.7 Å². The molecule has 3 aromatic carbocycles. The third-order valence-corrected chi connectivity index (χ3v) is 5.23. The minimum absolute atomic E-state index is 0.0409. The van der Waals surface area contributed by atoms with Crippen molar-refractivity contribution < 1.29 is 33.6 Å². The molecule has 0 aliphatic rings. The molecule has 3 rings (SSSR count). The Labute approximate surface area is 192 Å². The van der Waals surface area contributed by atoms with Crippen LogP contribution in [-0.2, 0) is 0 Å². The summed E-state index contributed by atoms with van der Waals surface area (Å²) in [4.78, 5) is 25.2. The summed E-state index contributed by atoms with van der Waals surface area (Å²) in [5.41, 5.74) is 0.441. The van der Waals surface area contributed by atoms with E-state index in [1.807, 2.05) is 0 Å². The zero-order valence-electron chi connectivity index (χ0n) is 17.5. The van der Waals surface area contributed by atoms with Crippen LogP contribution in [0.15, 0.2) is 59.1 Å². The molecule has 0 unspecified atom stereocenters. The number of para-hydroxylation sites is 1. The lowest BCUT2D eigenvalue weighted by molar-refractivity contribution is 0.0731. The molecular formula is C23H20BrNO7. The van der Waals surface area contributed by atoms with Crippen LogP contribution in [-0.4, -0.2) is 38.3 Å². The molecule has 0 saturated carbocycles. The van der Waals surface area contributed by atoms with Crippen LogP contribution < -0.4 is 24.3 Å². The number of carbonyl (C=O) groups is 2. The summed E-state index contributed by atoms with van der Waals surface area (Å²) in [6, 6.07) is 14.1. The van der Waals surface area contributed by atoms with Crippen molar-refractivity contribution in [1.29, 1.82) is 0 Å². The summed E-state index contributed by atoms with van der Waals surface area (Å²) in [5.74, 6) is -0.293. The molecule has 3 aromatic rings. The second kappa shape index (κ2) is 10.1. The minimum atomic E-state index is -0.723. The second-order valence-corrected chi connectivity index (χ2v) is 7.19. The first-order valence-electron chi connectivity index (χ1n) is 9.29. The van der Waals surface area contributed by atoms with Crippen LogP contribution in [0.25, 0.3) is 0 Å². The molecule has 1 amide bonds. The molecule has 0 saturated heterocycles. The van der Waals surface area contributed by atoms with Gasteiger partial charge in [0.2, 0.25) is 5.75 Å². The summed E-state index contributed by atoms with van der Waals surface area (Å²) in [5, 5.41) is 13.0. The van der Waals surface area contributed by atoms with Crippen LogP contribution >= 0.6 is 15.9 Å². The van der Waals surface area contributed by atoms with E-state index in [0.29, 0.717) is 27.5 Å². The number of amides is 1. The molecule has 0 aliphatic heterocycles. The van der Waals surface area contributed by atoms with Crippen LogP contribution in [0.4, 0.5) is 5.69 Å². The molecule has 0 heterocycles. The van der Waals surface area contributed by atoms with Gasteiger partial charge in [-0.2, -0.15) is 0 Å². The second-order valence-electron chi connectivity index (χ2n) is 6.40. The van der Waals surface area contributed by atoms with Crippen molar-refractivity contribution in [3.05, 3.63) is 70.2 Å². The van der Waals surface area contributed by atoms with Gasteiger partial charge in [-0.25, -0.2) is 4.79 Å². The summed E-state index contributed by atoms with van der Waals surface area (Å²) < 4.78 is 21.5. The van der Waals surface area contributed by atoms with Crippen molar-refractivity contribution in [1.82, 2.24) is 0 Å². The molecule has 8 nitrogen and oxygen atoms in total. The Morgan fingerprint density at radius 2 is 1.56 bits per heavy atom. The lowest BCUT2D eigenvalue weighted by Crippen LogP contribution is -2.14. The number of ether oxygens (including phenoxy) is 4. The van der Waals surface area contributed by atoms with Crippen LogP contribution in [0.1, 0.15) is 20.7 Å². The lowest BCUT2D eigenvalue weighted by Gasteiger charge is -2.16. The van der Waals surface area contributed by atoms with E-state index >= 15 is 0 Å². The van der Waals surface area contributed by atoms with Crippen molar-refractivity contribution in [2.75, 3.05) is 26.6 Å². The largest absolute Gasteiger partial charge is 0.507 e. The van der Waals surface area contributed by atoms with Crippen LogP contribution in [0.5, 0.6) is 28.7 Å². The zero-order chi connectivity index (χ0) is 23.3. The fourth-order valence-corrected chi connectivity index (χ4v) is 3.55. The normalized spacial score (nSPS) is 10.2. The molecule has 32 heavy (non-hydrogen) atoms. The van der Waals surface area contributed by atoms with E-state index in [2.05, 4.69) is 21.2 Å². The quantitative estimate of drug-likeness (QED) is 0.358. The lowest BCUT2D eigenvalue weighted by atomic mass is 10.1. The summed E-state index contributed by atoms with van der Waals surface area (Å²) >= 11 is 3.36. The molecule has 0 aromatic heterocycles. The maximum absolute atomic E-state index is 12.9. The van der Waals surface area contributed by atoms with E-state index in [1.165, 1.54) is 45.6 Å². The molecule has 0 fully saturated rings. The highest BCUT2D eigenvalue weighted by molar-refractivity contribution is 9.10. The number of halogens is 1. The molecule has 0 bridgehead atoms. The molecule has 0 radical (unpaired) electrons. The number of rotatable bonds is 7. The van der Waals surface area contributed by atoms with E-state index in [4.69, 9.17) is 18.9 Å². The van der Waals surface area contributed by atoms with Gasteiger partial charge in [-0.15, -0.1) is 0 Å². The molecule has 0 spiro atoms. The van der Waals surface area contributed by atoms with E-state index < -0.39 is 11.9 Å². The number of hydrogen-bond acceptors (Lipinski definition) is 7. The van der Waals surface area contributed by atoms with Crippen molar-refractivity contribution in [2.24, 2.45) is 0 Å². The highest BCUT2D eigenvalue weighted by atomic mass is 79.9. The predicted octanol–water partition coefficient (Wildman–Crippen LogP) is 4.65. The molecule has 2 N–H and O–H groups in total. The highest BCUT2D eigenvalue weighted by Crippen LogP contribution is 2.44. The Hall–Kier alpha value is -3.72. The fraction of sp³-hybridized carbons (Fsp3) is 0.130. The van der Waals surface area contributed by atoms with Gasteiger partial charge in [0.25, 0.3) is 5.91 Å². The van der Waals surface area contributed by atoms with Crippen molar-refractivity contribution in [2.45, 2.75) is 0 Å². The van der Waals surface area contributed by atoms with Gasteiger partial charge < -0.3 is 29.4 Å². The molecule has 0 aliphatic carbocycles. The minimum Gasteiger partial charge on any atom is -0.507 e. The monoisotopic (exact) mass is 501 g/mol. The number of methoxy groups -OCH3 is 3.